The van der Waals surface area contributed by atoms with Crippen molar-refractivity contribution in [3.63, 3.8) is 0 Å². The third kappa shape index (κ3) is 3.82. The minimum absolute atomic E-state index is 0.228. The third-order valence-electron chi connectivity index (χ3n) is 4.86. The monoisotopic (exact) mass is 434 g/mol. The van der Waals surface area contributed by atoms with Gasteiger partial charge in [0, 0.05) is 35.5 Å². The number of ether oxygens (including phenoxy) is 2. The van der Waals surface area contributed by atoms with Gasteiger partial charge >= 0.3 is 0 Å². The number of hydrogen-bond acceptors (Lipinski definition) is 6. The molecule has 0 fully saturated rings. The maximum atomic E-state index is 12.7. The average molecular weight is 434 g/mol. The van der Waals surface area contributed by atoms with Crippen molar-refractivity contribution in [3.8, 4) is 11.5 Å². The van der Waals surface area contributed by atoms with Gasteiger partial charge < -0.3 is 20.1 Å². The second-order valence-electron chi connectivity index (χ2n) is 7.01. The molecule has 9 heteroatoms. The van der Waals surface area contributed by atoms with E-state index in [0.717, 1.165) is 10.5 Å². The van der Waals surface area contributed by atoms with Gasteiger partial charge in [-0.05, 0) is 42.8 Å². The van der Waals surface area contributed by atoms with Crippen LogP contribution in [0.25, 0.3) is 4.96 Å². The minimum Gasteiger partial charge on any atom is -0.486 e. The van der Waals surface area contributed by atoms with Crippen LogP contribution in [-0.2, 0) is 0 Å². The van der Waals surface area contributed by atoms with E-state index in [1.165, 1.54) is 11.3 Å². The van der Waals surface area contributed by atoms with Crippen LogP contribution in [-0.4, -0.2) is 34.4 Å². The number of thiazole rings is 1. The highest BCUT2D eigenvalue weighted by molar-refractivity contribution is 7.18. The van der Waals surface area contributed by atoms with Gasteiger partial charge in [0.2, 0.25) is 0 Å². The van der Waals surface area contributed by atoms with Crippen LogP contribution in [0.4, 0.5) is 11.4 Å². The largest absolute Gasteiger partial charge is 0.486 e. The van der Waals surface area contributed by atoms with Gasteiger partial charge in [0.05, 0.1) is 0 Å². The van der Waals surface area contributed by atoms with E-state index in [4.69, 9.17) is 9.47 Å². The van der Waals surface area contributed by atoms with E-state index >= 15 is 0 Å². The van der Waals surface area contributed by atoms with Gasteiger partial charge in [0.1, 0.15) is 18.1 Å². The first-order chi connectivity index (χ1) is 15.1. The summed E-state index contributed by atoms with van der Waals surface area (Å²) in [5.41, 5.74) is 2.53. The number of benzene rings is 2. The summed E-state index contributed by atoms with van der Waals surface area (Å²) in [6, 6.07) is 10.4. The van der Waals surface area contributed by atoms with E-state index < -0.39 is 0 Å². The molecule has 1 aliphatic rings. The third-order valence-corrected chi connectivity index (χ3v) is 5.87. The normalized spacial score (nSPS) is 12.5. The molecule has 2 aromatic carbocycles. The molecule has 0 saturated carbocycles. The summed E-state index contributed by atoms with van der Waals surface area (Å²) in [6.45, 7) is 2.84. The van der Waals surface area contributed by atoms with E-state index in [0.29, 0.717) is 46.5 Å². The van der Waals surface area contributed by atoms with Gasteiger partial charge in [-0.25, -0.2) is 4.98 Å². The zero-order chi connectivity index (χ0) is 21.4. The summed E-state index contributed by atoms with van der Waals surface area (Å²) in [7, 11) is 0. The van der Waals surface area contributed by atoms with Crippen LogP contribution in [0.5, 0.6) is 11.5 Å². The molecule has 31 heavy (non-hydrogen) atoms. The van der Waals surface area contributed by atoms with Crippen molar-refractivity contribution in [2.24, 2.45) is 0 Å². The first kappa shape index (κ1) is 19.1. The summed E-state index contributed by atoms with van der Waals surface area (Å²) < 4.78 is 12.8. The fraction of sp³-hybridized carbons (Fsp3) is 0.136. The Morgan fingerprint density at radius 2 is 1.87 bits per heavy atom. The van der Waals surface area contributed by atoms with E-state index in [9.17, 15) is 9.59 Å². The van der Waals surface area contributed by atoms with Gasteiger partial charge in [-0.1, -0.05) is 17.4 Å². The lowest BCUT2D eigenvalue weighted by Crippen LogP contribution is -2.17. The molecule has 0 aliphatic carbocycles. The van der Waals surface area contributed by atoms with Gasteiger partial charge in [0.15, 0.2) is 16.5 Å². The summed E-state index contributed by atoms with van der Waals surface area (Å²) in [5.74, 6) is 0.675. The van der Waals surface area contributed by atoms with Crippen molar-refractivity contribution >= 4 is 39.5 Å². The zero-order valence-corrected chi connectivity index (χ0v) is 17.4. The van der Waals surface area contributed by atoms with Crippen LogP contribution >= 0.6 is 11.3 Å². The van der Waals surface area contributed by atoms with Gasteiger partial charge in [-0.15, -0.1) is 0 Å². The molecular formula is C22H18N4O4S. The van der Waals surface area contributed by atoms with Crippen LogP contribution < -0.4 is 20.1 Å². The number of aryl methyl sites for hydroxylation is 1. The summed E-state index contributed by atoms with van der Waals surface area (Å²) in [5, 5.41) is 5.78. The highest BCUT2D eigenvalue weighted by atomic mass is 32.1. The van der Waals surface area contributed by atoms with E-state index in [1.54, 1.807) is 53.3 Å². The van der Waals surface area contributed by atoms with Crippen molar-refractivity contribution < 1.29 is 19.1 Å². The Balaban J connectivity index is 1.32. The quantitative estimate of drug-likeness (QED) is 0.507. The Bertz CT molecular complexity index is 1280. The van der Waals surface area contributed by atoms with E-state index in [1.807, 2.05) is 13.0 Å². The van der Waals surface area contributed by atoms with Crippen LogP contribution in [0, 0.1) is 6.92 Å². The smallest absolute Gasteiger partial charge is 0.267 e. The standard InChI is InChI=1S/C22H18N4O4S/c1-13-2-4-15(24-20(27)14-3-5-17-18(10-14)30-9-8-29-17)11-16(13)25-21(28)19-12-26-7-6-23-22(26)31-19/h2-7,10-12H,8-9H2,1H3,(H,24,27)(H,25,28). The number of carbonyl (C=O) groups is 2. The lowest BCUT2D eigenvalue weighted by Gasteiger charge is -2.18. The number of aromatic nitrogens is 2. The highest BCUT2D eigenvalue weighted by Gasteiger charge is 2.16. The van der Waals surface area contributed by atoms with Crippen molar-refractivity contribution in [1.82, 2.24) is 9.38 Å². The molecule has 1 aliphatic heterocycles. The average Bonchev–Trinajstić information content (AvgIpc) is 3.38. The predicted octanol–water partition coefficient (Wildman–Crippen LogP) is 3.98. The molecular weight excluding hydrogens is 416 g/mol. The second kappa shape index (κ2) is 7.77. The number of nitrogens with one attached hydrogen (secondary N) is 2. The molecule has 2 aromatic heterocycles. The number of fused-ring (bicyclic) bond motifs is 2. The topological polar surface area (TPSA) is 94.0 Å². The number of nitrogens with zero attached hydrogens (tertiary/aromatic N) is 2. The number of rotatable bonds is 4. The molecule has 0 radical (unpaired) electrons. The predicted molar refractivity (Wildman–Crippen MR) is 118 cm³/mol. The molecule has 2 amide bonds. The first-order valence-corrected chi connectivity index (χ1v) is 10.4. The maximum Gasteiger partial charge on any atom is 0.267 e. The molecule has 0 spiro atoms. The molecule has 5 rings (SSSR count). The minimum atomic E-state index is -0.280. The van der Waals surface area contributed by atoms with Gasteiger partial charge in [-0.3, -0.25) is 14.0 Å². The van der Waals surface area contributed by atoms with Gasteiger partial charge in [-0.2, -0.15) is 0 Å². The molecule has 8 nitrogen and oxygen atoms in total. The fourth-order valence-corrected chi connectivity index (χ4v) is 4.08. The van der Waals surface area contributed by atoms with Crippen molar-refractivity contribution in [1.29, 1.82) is 0 Å². The zero-order valence-electron chi connectivity index (χ0n) is 16.5. The maximum absolute atomic E-state index is 12.7. The molecule has 0 saturated heterocycles. The lowest BCUT2D eigenvalue weighted by molar-refractivity contribution is 0.102. The molecule has 0 unspecified atom stereocenters. The molecule has 0 atom stereocenters. The number of imidazole rings is 1. The van der Waals surface area contributed by atoms with Gasteiger partial charge in [0.25, 0.3) is 11.8 Å². The highest BCUT2D eigenvalue weighted by Crippen LogP contribution is 2.31. The van der Waals surface area contributed by atoms with Crippen molar-refractivity contribution in [2.45, 2.75) is 6.92 Å². The van der Waals surface area contributed by atoms with Crippen LogP contribution in [0.2, 0.25) is 0 Å². The SMILES string of the molecule is Cc1ccc(NC(=O)c2ccc3c(c2)OCCO3)cc1NC(=O)c1cn2ccnc2s1. The van der Waals surface area contributed by atoms with Crippen molar-refractivity contribution in [3.05, 3.63) is 71.0 Å². The van der Waals surface area contributed by atoms with E-state index in [-0.39, 0.29) is 11.8 Å². The summed E-state index contributed by atoms with van der Waals surface area (Å²) in [4.78, 5) is 30.9. The number of carbonyl (C=O) groups excluding carboxylic acids is 2. The molecule has 3 heterocycles. The number of hydrogen-bond donors (Lipinski definition) is 2. The number of anilines is 2. The van der Waals surface area contributed by atoms with Crippen LogP contribution in [0.1, 0.15) is 25.6 Å². The molecule has 4 aromatic rings. The Kier molecular flexibility index (Phi) is 4.79. The summed E-state index contributed by atoms with van der Waals surface area (Å²) >= 11 is 1.31. The number of amides is 2. The lowest BCUT2D eigenvalue weighted by atomic mass is 10.1. The Hall–Kier alpha value is -3.85. The van der Waals surface area contributed by atoms with Crippen LogP contribution in [0.3, 0.4) is 0 Å². The Morgan fingerprint density at radius 1 is 1.03 bits per heavy atom. The fourth-order valence-electron chi connectivity index (χ4n) is 3.24. The Morgan fingerprint density at radius 3 is 2.71 bits per heavy atom. The molecule has 2 N–H and O–H groups in total. The van der Waals surface area contributed by atoms with Crippen molar-refractivity contribution in [2.75, 3.05) is 23.8 Å². The second-order valence-corrected chi connectivity index (χ2v) is 8.02. The van der Waals surface area contributed by atoms with E-state index in [2.05, 4.69) is 15.6 Å². The Labute approximate surface area is 181 Å². The molecule has 156 valence electrons. The van der Waals surface area contributed by atoms with Crippen LogP contribution in [0.15, 0.2) is 55.0 Å². The molecule has 0 bridgehead atoms. The first-order valence-electron chi connectivity index (χ1n) is 9.62. The summed E-state index contributed by atoms with van der Waals surface area (Å²) in [6.07, 6.45) is 5.22.